The number of hydrogen-bond donors (Lipinski definition) is 0. The van der Waals surface area contributed by atoms with Gasteiger partial charge in [0.05, 0.1) is 0 Å². The Kier molecular flexibility index (Phi) is 6.51. The molecule has 2 radical (unpaired) electrons. The van der Waals surface area contributed by atoms with Crippen molar-refractivity contribution in [3.05, 3.63) is 13.8 Å². The minimum Gasteiger partial charge on any atom is -0.0625 e. The molecule has 0 bridgehead atoms. The first kappa shape index (κ1) is 12.0. The molecule has 3 unspecified atom stereocenters. The average molecular weight is 168 g/mol. The lowest BCUT2D eigenvalue weighted by atomic mass is 9.90. The van der Waals surface area contributed by atoms with Gasteiger partial charge >= 0.3 is 0 Å². The molecule has 0 aromatic rings. The van der Waals surface area contributed by atoms with Crippen LogP contribution in [0.3, 0.4) is 0 Å². The second-order valence-corrected chi connectivity index (χ2v) is 4.42. The van der Waals surface area contributed by atoms with Crippen molar-refractivity contribution in [2.45, 2.75) is 46.5 Å². The minimum absolute atomic E-state index is 0.613. The van der Waals surface area contributed by atoms with Gasteiger partial charge in [0, 0.05) is 0 Å². The van der Waals surface area contributed by atoms with Gasteiger partial charge in [-0.3, -0.25) is 0 Å². The van der Waals surface area contributed by atoms with Gasteiger partial charge in [-0.1, -0.05) is 53.9 Å². The summed E-state index contributed by atoms with van der Waals surface area (Å²) in [5.74, 6) is 2.26. The maximum absolute atomic E-state index is 4.00. The smallest absolute Gasteiger partial charge is 0.0440 e. The highest BCUT2D eigenvalue weighted by Crippen LogP contribution is 2.20. The van der Waals surface area contributed by atoms with Gasteiger partial charge in [0.1, 0.15) is 0 Å². The van der Waals surface area contributed by atoms with Gasteiger partial charge in [0.15, 0.2) is 0 Å². The molecule has 0 heterocycles. The van der Waals surface area contributed by atoms with Crippen LogP contribution in [0.1, 0.15) is 46.5 Å². The summed E-state index contributed by atoms with van der Waals surface area (Å²) in [5.41, 5.74) is 0. The van der Waals surface area contributed by atoms with E-state index in [0.717, 1.165) is 18.3 Å². The molecule has 0 aromatic heterocycles. The third-order valence-corrected chi connectivity index (χ3v) is 2.45. The lowest BCUT2D eigenvalue weighted by Gasteiger charge is -2.16. The predicted molar refractivity (Wildman–Crippen MR) is 56.7 cm³/mol. The summed E-state index contributed by atoms with van der Waals surface area (Å²) < 4.78 is 0. The van der Waals surface area contributed by atoms with Gasteiger partial charge in [-0.15, -0.1) is 0 Å². The van der Waals surface area contributed by atoms with Crippen LogP contribution in [0.15, 0.2) is 0 Å². The fraction of sp³-hybridized carbons (Fsp3) is 0.833. The highest BCUT2D eigenvalue weighted by Gasteiger charge is 2.07. The maximum Gasteiger partial charge on any atom is -0.0440 e. The van der Waals surface area contributed by atoms with E-state index in [0.29, 0.717) is 5.92 Å². The van der Waals surface area contributed by atoms with Crippen LogP contribution in [-0.2, 0) is 0 Å². The van der Waals surface area contributed by atoms with Crippen molar-refractivity contribution >= 4 is 0 Å². The van der Waals surface area contributed by atoms with E-state index in [1.807, 2.05) is 0 Å². The second kappa shape index (κ2) is 6.51. The van der Waals surface area contributed by atoms with Crippen molar-refractivity contribution in [1.82, 2.24) is 0 Å². The molecule has 0 heteroatoms. The molecule has 0 rings (SSSR count). The first-order valence-electron chi connectivity index (χ1n) is 5.18. The van der Waals surface area contributed by atoms with E-state index >= 15 is 0 Å². The fourth-order valence-corrected chi connectivity index (χ4v) is 1.49. The van der Waals surface area contributed by atoms with E-state index in [1.165, 1.54) is 19.3 Å². The van der Waals surface area contributed by atoms with Crippen molar-refractivity contribution < 1.29 is 0 Å². The Morgan fingerprint density at radius 2 is 1.58 bits per heavy atom. The molecule has 0 aromatic carbocycles. The number of hydrogen-bond acceptors (Lipinski definition) is 0. The topological polar surface area (TPSA) is 0 Å². The van der Waals surface area contributed by atoms with Crippen molar-refractivity contribution in [3.8, 4) is 0 Å². The standard InChI is InChI=1S/C12H24/c1-6-11(4)9-12(5)8-7-10(2)3/h10-12H,1-2,6-9H2,3-5H3. The Balaban J connectivity index is 3.39. The molecule has 72 valence electrons. The van der Waals surface area contributed by atoms with E-state index in [4.69, 9.17) is 0 Å². The molecule has 0 spiro atoms. The summed E-state index contributed by atoms with van der Waals surface area (Å²) in [4.78, 5) is 0. The monoisotopic (exact) mass is 168 g/mol. The van der Waals surface area contributed by atoms with Gasteiger partial charge in [-0.25, -0.2) is 0 Å². The van der Waals surface area contributed by atoms with Gasteiger partial charge < -0.3 is 0 Å². The highest BCUT2D eigenvalue weighted by molar-refractivity contribution is 4.63. The quantitative estimate of drug-likeness (QED) is 0.559. The first-order chi connectivity index (χ1) is 5.56. The molecule has 0 fully saturated rings. The van der Waals surface area contributed by atoms with Crippen molar-refractivity contribution in [2.75, 3.05) is 0 Å². The number of rotatable bonds is 6. The summed E-state index contributed by atoms with van der Waals surface area (Å²) >= 11 is 0. The van der Waals surface area contributed by atoms with Crippen LogP contribution in [0.2, 0.25) is 0 Å². The Labute approximate surface area is 78.8 Å². The van der Waals surface area contributed by atoms with Crippen LogP contribution in [0.5, 0.6) is 0 Å². The normalized spacial score (nSPS) is 16.5. The molecule has 0 N–H and O–H groups in total. The van der Waals surface area contributed by atoms with Gasteiger partial charge in [0.2, 0.25) is 0 Å². The molecule has 0 amide bonds. The Hall–Kier alpha value is 0. The third-order valence-electron chi connectivity index (χ3n) is 2.45. The van der Waals surface area contributed by atoms with E-state index in [1.54, 1.807) is 0 Å². The molecule has 0 nitrogen and oxygen atoms in total. The van der Waals surface area contributed by atoms with Crippen molar-refractivity contribution in [1.29, 1.82) is 0 Å². The Morgan fingerprint density at radius 1 is 1.00 bits per heavy atom. The lowest BCUT2D eigenvalue weighted by Crippen LogP contribution is -2.03. The van der Waals surface area contributed by atoms with Crippen LogP contribution in [-0.4, -0.2) is 0 Å². The molecule has 0 aliphatic carbocycles. The van der Waals surface area contributed by atoms with Gasteiger partial charge in [0.25, 0.3) is 0 Å². The zero-order valence-corrected chi connectivity index (χ0v) is 8.97. The van der Waals surface area contributed by atoms with E-state index in [2.05, 4.69) is 34.6 Å². The van der Waals surface area contributed by atoms with Crippen LogP contribution in [0, 0.1) is 31.6 Å². The summed E-state index contributed by atoms with van der Waals surface area (Å²) in [6.07, 6.45) is 5.00. The third kappa shape index (κ3) is 6.69. The Morgan fingerprint density at radius 3 is 2.00 bits per heavy atom. The van der Waals surface area contributed by atoms with Crippen LogP contribution in [0.25, 0.3) is 0 Å². The van der Waals surface area contributed by atoms with Crippen LogP contribution in [0.4, 0.5) is 0 Å². The molecule has 0 aliphatic heterocycles. The molecule has 0 saturated carbocycles. The molecule has 0 aliphatic rings. The maximum atomic E-state index is 4.00. The Bertz CT molecular complexity index is 94.2. The van der Waals surface area contributed by atoms with Crippen LogP contribution < -0.4 is 0 Å². The van der Waals surface area contributed by atoms with E-state index < -0.39 is 0 Å². The predicted octanol–water partition coefficient (Wildman–Crippen LogP) is 4.12. The highest BCUT2D eigenvalue weighted by atomic mass is 14.1. The molecule has 0 saturated heterocycles. The molecule has 3 atom stereocenters. The molecular formula is C12H24. The van der Waals surface area contributed by atoms with Crippen molar-refractivity contribution in [3.63, 3.8) is 0 Å². The second-order valence-electron chi connectivity index (χ2n) is 4.42. The van der Waals surface area contributed by atoms with Crippen LogP contribution >= 0.6 is 0 Å². The van der Waals surface area contributed by atoms with E-state index in [-0.39, 0.29) is 0 Å². The van der Waals surface area contributed by atoms with Gasteiger partial charge in [-0.2, -0.15) is 0 Å². The lowest BCUT2D eigenvalue weighted by molar-refractivity contribution is 0.374. The fourth-order valence-electron chi connectivity index (χ4n) is 1.49. The minimum atomic E-state index is 0.613. The SMILES string of the molecule is [CH2]CC(C)CC(C)CCC([CH2])C. The molecular weight excluding hydrogens is 144 g/mol. The largest absolute Gasteiger partial charge is 0.0625 e. The zero-order valence-electron chi connectivity index (χ0n) is 8.97. The summed E-state index contributed by atoms with van der Waals surface area (Å²) in [6, 6.07) is 0. The summed E-state index contributed by atoms with van der Waals surface area (Å²) in [5, 5.41) is 0. The summed E-state index contributed by atoms with van der Waals surface area (Å²) in [6.45, 7) is 14.7. The van der Waals surface area contributed by atoms with Gasteiger partial charge in [-0.05, 0) is 24.2 Å². The summed E-state index contributed by atoms with van der Waals surface area (Å²) in [7, 11) is 0. The molecule has 12 heavy (non-hydrogen) atoms. The first-order valence-corrected chi connectivity index (χ1v) is 5.18. The average Bonchev–Trinajstić information content (AvgIpc) is 2.00. The zero-order chi connectivity index (χ0) is 9.56. The van der Waals surface area contributed by atoms with E-state index in [9.17, 15) is 0 Å². The van der Waals surface area contributed by atoms with Crippen molar-refractivity contribution in [2.24, 2.45) is 17.8 Å².